The van der Waals surface area contributed by atoms with E-state index in [1.807, 2.05) is 13.0 Å². The van der Waals surface area contributed by atoms with Gasteiger partial charge in [0.25, 0.3) is 5.56 Å². The quantitative estimate of drug-likeness (QED) is 0.771. The number of nitrogens with zero attached hydrogens (tertiary/aromatic N) is 1. The molecule has 0 amide bonds. The minimum atomic E-state index is -3.58. The zero-order valence-corrected chi connectivity index (χ0v) is 16.0. The van der Waals surface area contributed by atoms with Crippen LogP contribution < -0.4 is 5.56 Å². The van der Waals surface area contributed by atoms with Crippen LogP contribution in [-0.2, 0) is 26.4 Å². The highest BCUT2D eigenvalue weighted by Gasteiger charge is 2.28. The number of hydrogen-bond acceptors (Lipinski definition) is 5. The molecular weight excluding hydrogens is 354 g/mol. The Hall–Kier alpha value is -1.96. The summed E-state index contributed by atoms with van der Waals surface area (Å²) >= 11 is 0. The summed E-state index contributed by atoms with van der Waals surface area (Å²) in [4.78, 5) is 12.3. The molecule has 1 aliphatic heterocycles. The van der Waals surface area contributed by atoms with Crippen LogP contribution in [-0.4, -0.2) is 38.2 Å². The number of sulfone groups is 1. The number of hydrogen-bond donors (Lipinski definition) is 0. The third-order valence-corrected chi connectivity index (χ3v) is 6.19. The van der Waals surface area contributed by atoms with Crippen molar-refractivity contribution in [1.82, 2.24) is 4.57 Å². The van der Waals surface area contributed by atoms with Gasteiger partial charge in [-0.25, -0.2) is 8.42 Å². The maximum atomic E-state index is 12.6. The first-order valence-corrected chi connectivity index (χ1v) is 10.1. The molecule has 7 heteroatoms. The number of pyridine rings is 1. The predicted octanol–water partition coefficient (Wildman–Crippen LogP) is 2.14. The molecule has 2 aromatic rings. The Morgan fingerprint density at radius 2 is 2.08 bits per heavy atom. The highest BCUT2D eigenvalue weighted by atomic mass is 32.2. The van der Waals surface area contributed by atoms with E-state index in [0.717, 1.165) is 5.56 Å². The van der Waals surface area contributed by atoms with E-state index in [9.17, 15) is 13.2 Å². The number of rotatable bonds is 6. The second-order valence-corrected chi connectivity index (χ2v) is 8.69. The topological polar surface area (TPSA) is 74.6 Å². The van der Waals surface area contributed by atoms with Gasteiger partial charge in [-0.3, -0.25) is 4.79 Å². The van der Waals surface area contributed by atoms with E-state index in [0.29, 0.717) is 23.7 Å². The van der Waals surface area contributed by atoms with Gasteiger partial charge in [-0.05, 0) is 36.2 Å². The zero-order valence-electron chi connectivity index (χ0n) is 15.1. The van der Waals surface area contributed by atoms with Crippen LogP contribution >= 0.6 is 0 Å². The van der Waals surface area contributed by atoms with Crippen LogP contribution in [0.15, 0.2) is 46.2 Å². The van der Waals surface area contributed by atoms with Gasteiger partial charge in [0.2, 0.25) is 9.84 Å². The molecule has 1 aromatic heterocycles. The second kappa shape index (κ2) is 7.34. The van der Waals surface area contributed by atoms with Crippen LogP contribution in [0.3, 0.4) is 0 Å². The van der Waals surface area contributed by atoms with Crippen molar-refractivity contribution in [2.24, 2.45) is 13.0 Å². The van der Waals surface area contributed by atoms with Gasteiger partial charge in [0.05, 0.1) is 24.2 Å². The van der Waals surface area contributed by atoms with Crippen LogP contribution in [0.5, 0.6) is 0 Å². The van der Waals surface area contributed by atoms with Crippen LogP contribution in [0.2, 0.25) is 0 Å². The molecule has 0 aliphatic carbocycles. The van der Waals surface area contributed by atoms with E-state index >= 15 is 0 Å². The van der Waals surface area contributed by atoms with Gasteiger partial charge >= 0.3 is 0 Å². The molecule has 0 bridgehead atoms. The zero-order chi connectivity index (χ0) is 18.9. The van der Waals surface area contributed by atoms with Crippen molar-refractivity contribution < 1.29 is 17.9 Å². The average Bonchev–Trinajstić information content (AvgIpc) is 2.62. The molecule has 140 valence electrons. The minimum absolute atomic E-state index is 0.0280. The Bertz CT molecular complexity index is 964. The SMILES string of the molecule is Cc1c(-c2cccc(S(=O)(=O)COCC3OCC3C)c2)ccn(C)c1=O. The minimum Gasteiger partial charge on any atom is -0.375 e. The van der Waals surface area contributed by atoms with Crippen LogP contribution in [0.25, 0.3) is 11.1 Å². The fraction of sp³-hybridized carbons (Fsp3) is 0.421. The van der Waals surface area contributed by atoms with Crippen LogP contribution in [0.1, 0.15) is 12.5 Å². The summed E-state index contributed by atoms with van der Waals surface area (Å²) in [6.45, 7) is 4.75. The normalized spacial score (nSPS) is 20.0. The van der Waals surface area contributed by atoms with Crippen LogP contribution in [0.4, 0.5) is 0 Å². The third kappa shape index (κ3) is 3.75. The molecule has 0 radical (unpaired) electrons. The summed E-state index contributed by atoms with van der Waals surface area (Å²) in [7, 11) is -1.90. The van der Waals surface area contributed by atoms with Gasteiger partial charge in [0, 0.05) is 24.7 Å². The summed E-state index contributed by atoms with van der Waals surface area (Å²) in [6, 6.07) is 8.42. The van der Waals surface area contributed by atoms with E-state index in [-0.39, 0.29) is 23.2 Å². The van der Waals surface area contributed by atoms with Gasteiger partial charge in [-0.15, -0.1) is 0 Å². The summed E-state index contributed by atoms with van der Waals surface area (Å²) in [5.41, 5.74) is 1.89. The Morgan fingerprint density at radius 3 is 2.73 bits per heavy atom. The molecule has 26 heavy (non-hydrogen) atoms. The van der Waals surface area contributed by atoms with E-state index in [1.54, 1.807) is 44.4 Å². The third-order valence-electron chi connectivity index (χ3n) is 4.74. The highest BCUT2D eigenvalue weighted by Crippen LogP contribution is 2.25. The molecule has 6 nitrogen and oxygen atoms in total. The fourth-order valence-corrected chi connectivity index (χ4v) is 3.95. The Labute approximate surface area is 153 Å². The molecule has 2 unspecified atom stereocenters. The highest BCUT2D eigenvalue weighted by molar-refractivity contribution is 7.91. The Balaban J connectivity index is 1.80. The van der Waals surface area contributed by atoms with Crippen molar-refractivity contribution in [2.75, 3.05) is 19.2 Å². The predicted molar refractivity (Wildman–Crippen MR) is 98.8 cm³/mol. The summed E-state index contributed by atoms with van der Waals surface area (Å²) in [6.07, 6.45) is 1.65. The molecule has 1 aliphatic rings. The van der Waals surface area contributed by atoms with Crippen molar-refractivity contribution in [2.45, 2.75) is 24.8 Å². The molecule has 1 saturated heterocycles. The molecule has 3 rings (SSSR count). The molecule has 1 aromatic carbocycles. The maximum absolute atomic E-state index is 12.6. The molecule has 0 spiro atoms. The Morgan fingerprint density at radius 1 is 1.31 bits per heavy atom. The van der Waals surface area contributed by atoms with Crippen molar-refractivity contribution in [1.29, 1.82) is 0 Å². The molecule has 0 N–H and O–H groups in total. The lowest BCUT2D eigenvalue weighted by Crippen LogP contribution is -2.41. The number of ether oxygens (including phenoxy) is 2. The van der Waals surface area contributed by atoms with Gasteiger partial charge < -0.3 is 14.0 Å². The van der Waals surface area contributed by atoms with E-state index in [2.05, 4.69) is 0 Å². The van der Waals surface area contributed by atoms with Gasteiger partial charge in [0.1, 0.15) is 0 Å². The first-order chi connectivity index (χ1) is 12.3. The number of aromatic nitrogens is 1. The smallest absolute Gasteiger partial charge is 0.253 e. The number of benzene rings is 1. The monoisotopic (exact) mass is 377 g/mol. The Kier molecular flexibility index (Phi) is 5.32. The fourth-order valence-electron chi connectivity index (χ4n) is 2.91. The largest absolute Gasteiger partial charge is 0.375 e. The van der Waals surface area contributed by atoms with Gasteiger partial charge in [0.15, 0.2) is 5.94 Å². The summed E-state index contributed by atoms with van der Waals surface area (Å²) < 4.78 is 37.3. The molecular formula is C19H23NO5S. The standard InChI is InChI=1S/C19H23NO5S/c1-13-10-25-18(13)11-24-12-26(22,23)16-6-4-5-15(9-16)17-7-8-20(3)19(21)14(17)2/h4-9,13,18H,10-12H2,1-3H3. The second-order valence-electron chi connectivity index (χ2n) is 6.75. The van der Waals surface area contributed by atoms with Gasteiger partial charge in [-0.2, -0.15) is 0 Å². The first kappa shape index (κ1) is 18.8. The lowest BCUT2D eigenvalue weighted by molar-refractivity contribution is -0.135. The van der Waals surface area contributed by atoms with Crippen molar-refractivity contribution in [3.63, 3.8) is 0 Å². The molecule has 2 atom stereocenters. The van der Waals surface area contributed by atoms with Gasteiger partial charge in [-0.1, -0.05) is 19.1 Å². The van der Waals surface area contributed by atoms with E-state index < -0.39 is 15.8 Å². The van der Waals surface area contributed by atoms with E-state index in [1.165, 1.54) is 4.57 Å². The average molecular weight is 377 g/mol. The first-order valence-electron chi connectivity index (χ1n) is 8.48. The van der Waals surface area contributed by atoms with E-state index in [4.69, 9.17) is 9.47 Å². The molecule has 1 fully saturated rings. The summed E-state index contributed by atoms with van der Waals surface area (Å²) in [5, 5.41) is 0. The van der Waals surface area contributed by atoms with Crippen LogP contribution in [0, 0.1) is 12.8 Å². The number of aryl methyl sites for hydroxylation is 1. The van der Waals surface area contributed by atoms with Crippen molar-refractivity contribution in [3.05, 3.63) is 52.4 Å². The lowest BCUT2D eigenvalue weighted by atomic mass is 10.0. The maximum Gasteiger partial charge on any atom is 0.253 e. The summed E-state index contributed by atoms with van der Waals surface area (Å²) in [5.74, 6) is 0.00294. The van der Waals surface area contributed by atoms with Crippen molar-refractivity contribution >= 4 is 9.84 Å². The molecule has 2 heterocycles. The lowest BCUT2D eigenvalue weighted by Gasteiger charge is -2.33. The van der Waals surface area contributed by atoms with Crippen molar-refractivity contribution in [3.8, 4) is 11.1 Å². The molecule has 0 saturated carbocycles.